The second-order valence-electron chi connectivity index (χ2n) is 6.58. The molecule has 0 saturated carbocycles. The van der Waals surface area contributed by atoms with E-state index in [1.54, 1.807) is 12.0 Å². The second kappa shape index (κ2) is 9.52. The van der Waals surface area contributed by atoms with Gasteiger partial charge in [0, 0.05) is 13.5 Å². The van der Waals surface area contributed by atoms with Gasteiger partial charge in [0.25, 0.3) is 0 Å². The van der Waals surface area contributed by atoms with E-state index in [1.165, 1.54) is 12.8 Å². The summed E-state index contributed by atoms with van der Waals surface area (Å²) in [5, 5.41) is 3.38. The zero-order valence-corrected chi connectivity index (χ0v) is 15.1. The summed E-state index contributed by atoms with van der Waals surface area (Å²) in [6.45, 7) is 5.39. The number of likely N-dealkylation sites (N-methyl/N-ethyl adjacent to an activating group) is 1. The Labute approximate surface area is 145 Å². The number of amides is 1. The SMILES string of the molecule is COc1ccccc1OCCN(C)C(=O)CC(C)C1CCNCC1. The third-order valence-electron chi connectivity index (χ3n) is 4.86. The van der Waals surface area contributed by atoms with Crippen LogP contribution in [-0.2, 0) is 4.79 Å². The molecule has 0 aromatic heterocycles. The first-order chi connectivity index (χ1) is 11.6. The molecular weight excluding hydrogens is 304 g/mol. The van der Waals surface area contributed by atoms with Gasteiger partial charge in [-0.1, -0.05) is 19.1 Å². The standard InChI is InChI=1S/C19H30N2O3/c1-15(16-8-10-20-11-9-16)14-19(22)21(2)12-13-24-18-7-5-4-6-17(18)23-3/h4-7,15-16,20H,8-14H2,1-3H3. The second-order valence-corrected chi connectivity index (χ2v) is 6.58. The van der Waals surface area contributed by atoms with Gasteiger partial charge in [0.1, 0.15) is 6.61 Å². The fourth-order valence-electron chi connectivity index (χ4n) is 3.17. The van der Waals surface area contributed by atoms with Crippen LogP contribution in [0.5, 0.6) is 11.5 Å². The molecule has 1 N–H and O–H groups in total. The van der Waals surface area contributed by atoms with Gasteiger partial charge < -0.3 is 19.7 Å². The first kappa shape index (κ1) is 18.6. The lowest BCUT2D eigenvalue weighted by Gasteiger charge is -2.29. The summed E-state index contributed by atoms with van der Waals surface area (Å²) in [6.07, 6.45) is 2.97. The van der Waals surface area contributed by atoms with Crippen molar-refractivity contribution in [3.05, 3.63) is 24.3 Å². The Morgan fingerprint density at radius 1 is 1.29 bits per heavy atom. The zero-order chi connectivity index (χ0) is 17.4. The Hall–Kier alpha value is -1.75. The Bertz CT molecular complexity index is 515. The van der Waals surface area contributed by atoms with Crippen molar-refractivity contribution in [3.63, 3.8) is 0 Å². The molecule has 5 heteroatoms. The van der Waals surface area contributed by atoms with Gasteiger partial charge in [0.05, 0.1) is 13.7 Å². The van der Waals surface area contributed by atoms with Crippen molar-refractivity contribution in [1.29, 1.82) is 0 Å². The van der Waals surface area contributed by atoms with Gasteiger partial charge in [-0.3, -0.25) is 4.79 Å². The fraction of sp³-hybridized carbons (Fsp3) is 0.632. The molecule has 134 valence electrons. The predicted octanol–water partition coefficient (Wildman–Crippen LogP) is 2.56. The molecule has 1 heterocycles. The molecule has 1 saturated heterocycles. The third-order valence-corrected chi connectivity index (χ3v) is 4.86. The van der Waals surface area contributed by atoms with Crippen LogP contribution in [-0.4, -0.2) is 51.2 Å². The number of benzene rings is 1. The van der Waals surface area contributed by atoms with Crippen LogP contribution in [0.15, 0.2) is 24.3 Å². The molecule has 1 aromatic carbocycles. The number of nitrogens with zero attached hydrogens (tertiary/aromatic N) is 1. The minimum Gasteiger partial charge on any atom is -0.493 e. The van der Waals surface area contributed by atoms with Gasteiger partial charge in [0.15, 0.2) is 11.5 Å². The van der Waals surface area contributed by atoms with Crippen LogP contribution in [0, 0.1) is 11.8 Å². The summed E-state index contributed by atoms with van der Waals surface area (Å²) >= 11 is 0. The maximum absolute atomic E-state index is 12.4. The molecule has 1 fully saturated rings. The number of ether oxygens (including phenoxy) is 2. The predicted molar refractivity (Wildman–Crippen MR) is 95.5 cm³/mol. The topological polar surface area (TPSA) is 50.8 Å². The molecule has 0 bridgehead atoms. The first-order valence-electron chi connectivity index (χ1n) is 8.82. The first-order valence-corrected chi connectivity index (χ1v) is 8.82. The van der Waals surface area contributed by atoms with Gasteiger partial charge in [-0.05, 0) is 49.9 Å². The summed E-state index contributed by atoms with van der Waals surface area (Å²) in [4.78, 5) is 14.2. The Kier molecular flexibility index (Phi) is 7.37. The molecule has 0 radical (unpaired) electrons. The largest absolute Gasteiger partial charge is 0.493 e. The number of hydrogen-bond donors (Lipinski definition) is 1. The minimum absolute atomic E-state index is 0.199. The zero-order valence-electron chi connectivity index (χ0n) is 15.1. The van der Waals surface area contributed by atoms with Crippen molar-refractivity contribution < 1.29 is 14.3 Å². The molecule has 1 aliphatic heterocycles. The molecule has 1 atom stereocenters. The maximum atomic E-state index is 12.4. The highest BCUT2D eigenvalue weighted by Gasteiger charge is 2.23. The van der Waals surface area contributed by atoms with Crippen LogP contribution in [0.25, 0.3) is 0 Å². The van der Waals surface area contributed by atoms with Gasteiger partial charge >= 0.3 is 0 Å². The number of methoxy groups -OCH3 is 1. The van der Waals surface area contributed by atoms with Crippen LogP contribution in [0.4, 0.5) is 0 Å². The Morgan fingerprint density at radius 3 is 2.62 bits per heavy atom. The molecule has 1 amide bonds. The molecular formula is C19H30N2O3. The quantitative estimate of drug-likeness (QED) is 0.794. The van der Waals surface area contributed by atoms with E-state index < -0.39 is 0 Å². The van der Waals surface area contributed by atoms with Gasteiger partial charge in [0.2, 0.25) is 5.91 Å². The van der Waals surface area contributed by atoms with Crippen LogP contribution in [0.1, 0.15) is 26.2 Å². The van der Waals surface area contributed by atoms with Gasteiger partial charge in [-0.2, -0.15) is 0 Å². The van der Waals surface area contributed by atoms with Gasteiger partial charge in [-0.25, -0.2) is 0 Å². The average molecular weight is 334 g/mol. The highest BCUT2D eigenvalue weighted by Crippen LogP contribution is 2.26. The molecule has 24 heavy (non-hydrogen) atoms. The van der Waals surface area contributed by atoms with E-state index in [9.17, 15) is 4.79 Å². The molecule has 1 aliphatic rings. The van der Waals surface area contributed by atoms with Crippen LogP contribution in [0.2, 0.25) is 0 Å². The van der Waals surface area contributed by atoms with E-state index in [2.05, 4.69) is 12.2 Å². The lowest BCUT2D eigenvalue weighted by atomic mass is 9.84. The molecule has 0 aliphatic carbocycles. The molecule has 1 aromatic rings. The maximum Gasteiger partial charge on any atom is 0.222 e. The summed E-state index contributed by atoms with van der Waals surface area (Å²) in [7, 11) is 3.48. The molecule has 2 rings (SSSR count). The monoisotopic (exact) mass is 334 g/mol. The van der Waals surface area contributed by atoms with Crippen molar-refractivity contribution in [3.8, 4) is 11.5 Å². The van der Waals surface area contributed by atoms with Gasteiger partial charge in [-0.15, -0.1) is 0 Å². The molecule has 0 spiro atoms. The van der Waals surface area contributed by atoms with Crippen molar-refractivity contribution in [1.82, 2.24) is 10.2 Å². The average Bonchev–Trinajstić information content (AvgIpc) is 2.62. The minimum atomic E-state index is 0.199. The number of piperidine rings is 1. The van der Waals surface area contributed by atoms with E-state index in [1.807, 2.05) is 31.3 Å². The van der Waals surface area contributed by atoms with Crippen LogP contribution >= 0.6 is 0 Å². The van der Waals surface area contributed by atoms with E-state index in [4.69, 9.17) is 9.47 Å². The summed E-state index contributed by atoms with van der Waals surface area (Å²) < 4.78 is 11.0. The lowest BCUT2D eigenvalue weighted by molar-refractivity contribution is -0.131. The van der Waals surface area contributed by atoms with Crippen LogP contribution in [0.3, 0.4) is 0 Å². The highest BCUT2D eigenvalue weighted by molar-refractivity contribution is 5.76. The lowest BCUT2D eigenvalue weighted by Crippen LogP contribution is -2.35. The Balaban J connectivity index is 1.73. The summed E-state index contributed by atoms with van der Waals surface area (Å²) in [5.41, 5.74) is 0. The van der Waals surface area contributed by atoms with Crippen molar-refractivity contribution in [2.45, 2.75) is 26.2 Å². The van der Waals surface area contributed by atoms with E-state index in [-0.39, 0.29) is 5.91 Å². The van der Waals surface area contributed by atoms with Crippen molar-refractivity contribution in [2.75, 3.05) is 40.4 Å². The van der Waals surface area contributed by atoms with E-state index in [0.717, 1.165) is 13.1 Å². The Morgan fingerprint density at radius 2 is 1.96 bits per heavy atom. The van der Waals surface area contributed by atoms with Crippen molar-refractivity contribution >= 4 is 5.91 Å². The van der Waals surface area contributed by atoms with E-state index >= 15 is 0 Å². The number of rotatable bonds is 8. The number of hydrogen-bond acceptors (Lipinski definition) is 4. The summed E-state index contributed by atoms with van der Waals surface area (Å²) in [6, 6.07) is 7.56. The normalized spacial score (nSPS) is 16.5. The number of carbonyl (C=O) groups is 1. The number of nitrogens with one attached hydrogen (secondary N) is 1. The molecule has 5 nitrogen and oxygen atoms in total. The van der Waals surface area contributed by atoms with Crippen molar-refractivity contribution in [2.24, 2.45) is 11.8 Å². The van der Waals surface area contributed by atoms with E-state index in [0.29, 0.717) is 42.9 Å². The highest BCUT2D eigenvalue weighted by atomic mass is 16.5. The van der Waals surface area contributed by atoms with Crippen LogP contribution < -0.4 is 14.8 Å². The molecule has 1 unspecified atom stereocenters. The number of carbonyl (C=O) groups excluding carboxylic acids is 1. The third kappa shape index (κ3) is 5.41. The number of para-hydroxylation sites is 2. The fourth-order valence-corrected chi connectivity index (χ4v) is 3.17. The smallest absolute Gasteiger partial charge is 0.222 e. The summed E-state index contributed by atoms with van der Waals surface area (Å²) in [5.74, 6) is 2.73.